The molecule has 0 aromatic heterocycles. The van der Waals surface area contributed by atoms with Crippen molar-refractivity contribution in [2.75, 3.05) is 26.3 Å². The van der Waals surface area contributed by atoms with Crippen molar-refractivity contribution in [1.29, 1.82) is 0 Å². The minimum Gasteiger partial charge on any atom is -0.465 e. The highest BCUT2D eigenvalue weighted by Crippen LogP contribution is 2.37. The zero-order valence-electron chi connectivity index (χ0n) is 11.8. The van der Waals surface area contributed by atoms with E-state index in [9.17, 15) is 18.3 Å². The average Bonchev–Trinajstić information content (AvgIpc) is 2.37. The molecule has 1 aliphatic rings. The highest BCUT2D eigenvalue weighted by molar-refractivity contribution is 7.89. The van der Waals surface area contributed by atoms with Crippen molar-refractivity contribution in [2.24, 2.45) is 5.41 Å². The Labute approximate surface area is 138 Å². The molecule has 0 amide bonds. The summed E-state index contributed by atoms with van der Waals surface area (Å²) in [6.07, 6.45) is 0. The number of hydrogen-bond donors (Lipinski definition) is 1. The number of nitrogens with zero attached hydrogens (tertiary/aromatic N) is 1. The van der Waals surface area contributed by atoms with E-state index in [0.29, 0.717) is 5.02 Å². The number of benzene rings is 1. The first kappa shape index (κ1) is 17.5. The van der Waals surface area contributed by atoms with Gasteiger partial charge in [-0.25, -0.2) is 8.42 Å². The monoisotopic (exact) mass is 367 g/mol. The van der Waals surface area contributed by atoms with Gasteiger partial charge in [0.05, 0.1) is 18.2 Å². The Morgan fingerprint density at radius 2 is 2.05 bits per heavy atom. The van der Waals surface area contributed by atoms with Gasteiger partial charge in [0.15, 0.2) is 0 Å². The second-order valence-corrected chi connectivity index (χ2v) is 7.76. The Bertz CT molecular complexity index is 686. The maximum Gasteiger partial charge on any atom is 0.317 e. The zero-order chi connectivity index (χ0) is 16.5. The van der Waals surface area contributed by atoms with Crippen LogP contribution < -0.4 is 0 Å². The normalized spacial score (nSPS) is 17.8. The van der Waals surface area contributed by atoms with Gasteiger partial charge in [-0.3, -0.25) is 4.79 Å². The summed E-state index contributed by atoms with van der Waals surface area (Å²) in [5, 5.41) is 9.74. The summed E-state index contributed by atoms with van der Waals surface area (Å²) in [7, 11) is -3.86. The number of carbonyl (C=O) groups excluding carboxylic acids is 1. The van der Waals surface area contributed by atoms with E-state index >= 15 is 0 Å². The molecule has 122 valence electrons. The molecule has 1 heterocycles. The fourth-order valence-corrected chi connectivity index (χ4v) is 4.56. The first-order valence-electron chi connectivity index (χ1n) is 6.50. The minimum absolute atomic E-state index is 0.00475. The highest BCUT2D eigenvalue weighted by atomic mass is 35.5. The number of rotatable bonds is 5. The summed E-state index contributed by atoms with van der Waals surface area (Å²) in [4.78, 5) is 11.8. The van der Waals surface area contributed by atoms with E-state index in [1.165, 1.54) is 18.2 Å². The molecule has 0 unspecified atom stereocenters. The fourth-order valence-electron chi connectivity index (χ4n) is 2.20. The first-order valence-corrected chi connectivity index (χ1v) is 8.70. The van der Waals surface area contributed by atoms with E-state index in [1.807, 2.05) is 0 Å². The van der Waals surface area contributed by atoms with E-state index in [0.717, 1.165) is 4.31 Å². The van der Waals surface area contributed by atoms with E-state index in [1.54, 1.807) is 6.92 Å². The molecule has 1 aromatic carbocycles. The van der Waals surface area contributed by atoms with Crippen molar-refractivity contribution in [3.63, 3.8) is 0 Å². The van der Waals surface area contributed by atoms with Crippen LogP contribution in [0.25, 0.3) is 0 Å². The Kier molecular flexibility index (Phi) is 5.03. The predicted molar refractivity (Wildman–Crippen MR) is 81.4 cm³/mol. The predicted octanol–water partition coefficient (Wildman–Crippen LogP) is 1.54. The maximum atomic E-state index is 12.5. The summed E-state index contributed by atoms with van der Waals surface area (Å²) in [6.45, 7) is 1.03. The average molecular weight is 368 g/mol. The quantitative estimate of drug-likeness (QED) is 0.797. The van der Waals surface area contributed by atoms with Gasteiger partial charge in [-0.1, -0.05) is 23.2 Å². The number of sulfonamides is 1. The van der Waals surface area contributed by atoms with E-state index in [4.69, 9.17) is 27.9 Å². The van der Waals surface area contributed by atoms with Gasteiger partial charge in [-0.2, -0.15) is 4.31 Å². The highest BCUT2D eigenvalue weighted by Gasteiger charge is 2.54. The second-order valence-electron chi connectivity index (χ2n) is 5.01. The van der Waals surface area contributed by atoms with Crippen LogP contribution in [0.4, 0.5) is 0 Å². The molecule has 2 rings (SSSR count). The van der Waals surface area contributed by atoms with E-state index in [2.05, 4.69) is 0 Å². The van der Waals surface area contributed by atoms with E-state index < -0.39 is 28.0 Å². The second kappa shape index (κ2) is 6.33. The molecule has 0 radical (unpaired) electrons. The van der Waals surface area contributed by atoms with Crippen LogP contribution in [0.1, 0.15) is 6.92 Å². The molecule has 0 atom stereocenters. The largest absolute Gasteiger partial charge is 0.465 e. The SMILES string of the molecule is CCOC(=O)C1(CO)CN(S(=O)(=O)c2ccc(Cl)cc2Cl)C1. The van der Waals surface area contributed by atoms with Crippen molar-refractivity contribution < 1.29 is 23.1 Å². The van der Waals surface area contributed by atoms with Crippen LogP contribution in [0.2, 0.25) is 10.0 Å². The van der Waals surface area contributed by atoms with Crippen LogP contribution >= 0.6 is 23.2 Å². The number of halogens is 2. The number of esters is 1. The third-order valence-corrected chi connectivity index (χ3v) is 5.99. The van der Waals surface area contributed by atoms with Gasteiger partial charge in [-0.05, 0) is 25.1 Å². The molecule has 0 spiro atoms. The number of aliphatic hydroxyl groups excluding tert-OH is 1. The van der Waals surface area contributed by atoms with Crippen LogP contribution in [0.3, 0.4) is 0 Å². The number of carbonyl (C=O) groups is 1. The van der Waals surface area contributed by atoms with Gasteiger partial charge in [0.1, 0.15) is 10.3 Å². The van der Waals surface area contributed by atoms with Crippen molar-refractivity contribution in [2.45, 2.75) is 11.8 Å². The molecule has 1 aromatic rings. The zero-order valence-corrected chi connectivity index (χ0v) is 14.1. The Morgan fingerprint density at radius 1 is 1.41 bits per heavy atom. The lowest BCUT2D eigenvalue weighted by atomic mass is 9.83. The molecular formula is C13H15Cl2NO5S. The number of aliphatic hydroxyl groups is 1. The van der Waals surface area contributed by atoms with Crippen molar-refractivity contribution in [1.82, 2.24) is 4.31 Å². The summed E-state index contributed by atoms with van der Waals surface area (Å²) < 4.78 is 31.0. The van der Waals surface area contributed by atoms with Crippen molar-refractivity contribution in [3.05, 3.63) is 28.2 Å². The third kappa shape index (κ3) is 2.96. The van der Waals surface area contributed by atoms with Gasteiger partial charge in [0.2, 0.25) is 10.0 Å². The van der Waals surface area contributed by atoms with Gasteiger partial charge in [0, 0.05) is 18.1 Å². The molecule has 0 aliphatic carbocycles. The Morgan fingerprint density at radius 3 is 2.55 bits per heavy atom. The summed E-state index contributed by atoms with van der Waals surface area (Å²) >= 11 is 11.7. The molecule has 1 N–H and O–H groups in total. The molecule has 1 aliphatic heterocycles. The van der Waals surface area contributed by atoms with Crippen LogP contribution in [-0.4, -0.2) is 50.1 Å². The molecule has 0 saturated carbocycles. The summed E-state index contributed by atoms with van der Waals surface area (Å²) in [5.41, 5.74) is -1.21. The first-order chi connectivity index (χ1) is 10.3. The van der Waals surface area contributed by atoms with Crippen LogP contribution in [0.5, 0.6) is 0 Å². The molecule has 0 bridgehead atoms. The molecule has 22 heavy (non-hydrogen) atoms. The Balaban J connectivity index is 2.22. The standard InChI is InChI=1S/C13H15Cl2NO5S/c1-2-21-12(18)13(8-17)6-16(7-13)22(19,20)11-4-3-9(14)5-10(11)15/h3-5,17H,2,6-8H2,1H3. The fraction of sp³-hybridized carbons (Fsp3) is 0.462. The third-order valence-electron chi connectivity index (χ3n) is 3.48. The molecular weight excluding hydrogens is 353 g/mol. The van der Waals surface area contributed by atoms with Crippen molar-refractivity contribution in [3.8, 4) is 0 Å². The lowest BCUT2D eigenvalue weighted by Crippen LogP contribution is -2.64. The minimum atomic E-state index is -3.86. The van der Waals surface area contributed by atoms with E-state index in [-0.39, 0.29) is 29.6 Å². The molecule has 1 fully saturated rings. The van der Waals surface area contributed by atoms with Crippen LogP contribution in [-0.2, 0) is 19.6 Å². The maximum absolute atomic E-state index is 12.5. The number of hydrogen-bond acceptors (Lipinski definition) is 5. The molecule has 6 nitrogen and oxygen atoms in total. The summed E-state index contributed by atoms with van der Waals surface area (Å²) in [5.74, 6) is -0.605. The Hall–Kier alpha value is -0.860. The smallest absolute Gasteiger partial charge is 0.317 e. The van der Waals surface area contributed by atoms with Gasteiger partial charge in [0.25, 0.3) is 0 Å². The van der Waals surface area contributed by atoms with Gasteiger partial charge < -0.3 is 9.84 Å². The lowest BCUT2D eigenvalue weighted by Gasteiger charge is -2.45. The van der Waals surface area contributed by atoms with Crippen LogP contribution in [0, 0.1) is 5.41 Å². The summed E-state index contributed by atoms with van der Waals surface area (Å²) in [6, 6.07) is 4.06. The molecule has 1 saturated heterocycles. The number of ether oxygens (including phenoxy) is 1. The molecule has 9 heteroatoms. The topological polar surface area (TPSA) is 83.9 Å². The van der Waals surface area contributed by atoms with Gasteiger partial charge >= 0.3 is 5.97 Å². The van der Waals surface area contributed by atoms with Crippen molar-refractivity contribution >= 4 is 39.2 Å². The lowest BCUT2D eigenvalue weighted by molar-refractivity contribution is -0.166. The van der Waals surface area contributed by atoms with Gasteiger partial charge in [-0.15, -0.1) is 0 Å². The van der Waals surface area contributed by atoms with Crippen LogP contribution in [0.15, 0.2) is 23.1 Å².